The molecule has 0 amide bonds. The van der Waals surface area contributed by atoms with Crippen LogP contribution in [0.15, 0.2) is 51.7 Å². The van der Waals surface area contributed by atoms with Crippen LogP contribution in [0.4, 0.5) is 11.4 Å². The Hall–Kier alpha value is -2.98. The number of nitrogens with one attached hydrogen (secondary N) is 1. The minimum Gasteiger partial charge on any atom is -0.453 e. The Morgan fingerprint density at radius 3 is 2.31 bits per heavy atom. The van der Waals surface area contributed by atoms with Gasteiger partial charge in [0.05, 0.1) is 0 Å². The van der Waals surface area contributed by atoms with Crippen LogP contribution in [-0.4, -0.2) is 54.2 Å². The van der Waals surface area contributed by atoms with E-state index in [0.29, 0.717) is 43.0 Å². The van der Waals surface area contributed by atoms with E-state index in [-0.39, 0.29) is 5.43 Å². The third kappa shape index (κ3) is 5.54. The quantitative estimate of drug-likeness (QED) is 0.117. The fourth-order valence-electron chi connectivity index (χ4n) is 4.43. The number of anilines is 2. The summed E-state index contributed by atoms with van der Waals surface area (Å²) in [6.07, 6.45) is 0.810. The molecular weight excluding hydrogens is 474 g/mol. The lowest BCUT2D eigenvalue weighted by Gasteiger charge is -2.28. The monoisotopic (exact) mass is 509 g/mol. The molecule has 1 N–H and O–H groups in total. The van der Waals surface area contributed by atoms with E-state index in [1.165, 1.54) is 0 Å². The summed E-state index contributed by atoms with van der Waals surface area (Å²) in [7, 11) is 1.28. The van der Waals surface area contributed by atoms with Crippen molar-refractivity contribution >= 4 is 53.2 Å². The first-order valence-corrected chi connectivity index (χ1v) is 14.5. The lowest BCUT2D eigenvalue weighted by Crippen LogP contribution is -2.46. The first-order chi connectivity index (χ1) is 17.4. The molecular formula is C27H35N3O5Si. The molecule has 0 saturated heterocycles. The van der Waals surface area contributed by atoms with E-state index >= 15 is 0 Å². The van der Waals surface area contributed by atoms with E-state index < -0.39 is 8.80 Å². The van der Waals surface area contributed by atoms with Crippen LogP contribution in [0.3, 0.4) is 0 Å². The SMILES string of the molecule is CCO[Si](CCCNc1cc2oc3cc(N(C)C)ccc3nc2c2cc(=O)ccc12)(OCC)OCC. The zero-order chi connectivity index (χ0) is 25.7. The molecule has 0 atom stereocenters. The molecule has 8 nitrogen and oxygen atoms in total. The maximum Gasteiger partial charge on any atom is 0.500 e. The summed E-state index contributed by atoms with van der Waals surface area (Å²) in [6, 6.07) is 13.7. The Morgan fingerprint density at radius 2 is 1.64 bits per heavy atom. The van der Waals surface area contributed by atoms with Gasteiger partial charge in [0.25, 0.3) is 0 Å². The zero-order valence-corrected chi connectivity index (χ0v) is 22.7. The maximum atomic E-state index is 12.3. The van der Waals surface area contributed by atoms with Gasteiger partial charge in [-0.2, -0.15) is 0 Å². The lowest BCUT2D eigenvalue weighted by atomic mass is 10.1. The zero-order valence-electron chi connectivity index (χ0n) is 21.7. The smallest absolute Gasteiger partial charge is 0.453 e. The number of rotatable bonds is 12. The minimum absolute atomic E-state index is 0.0632. The minimum atomic E-state index is -2.70. The predicted molar refractivity (Wildman–Crippen MR) is 148 cm³/mol. The van der Waals surface area contributed by atoms with Gasteiger partial charge in [-0.05, 0) is 57.5 Å². The van der Waals surface area contributed by atoms with Crippen LogP contribution in [0.5, 0.6) is 0 Å². The first kappa shape index (κ1) is 26.1. The van der Waals surface area contributed by atoms with Crippen LogP contribution in [0, 0.1) is 0 Å². The van der Waals surface area contributed by atoms with E-state index in [1.54, 1.807) is 12.1 Å². The number of benzene rings is 3. The van der Waals surface area contributed by atoms with E-state index in [4.69, 9.17) is 22.7 Å². The molecule has 3 aromatic carbocycles. The largest absolute Gasteiger partial charge is 0.500 e. The van der Waals surface area contributed by atoms with Crippen LogP contribution in [0.25, 0.3) is 33.0 Å². The molecule has 9 heteroatoms. The van der Waals surface area contributed by atoms with Gasteiger partial charge in [0.1, 0.15) is 11.0 Å². The molecule has 0 saturated carbocycles. The summed E-state index contributed by atoms with van der Waals surface area (Å²) in [5, 5.41) is 5.23. The second-order valence-electron chi connectivity index (χ2n) is 8.75. The Balaban J connectivity index is 1.67. The van der Waals surface area contributed by atoms with Gasteiger partial charge >= 0.3 is 8.80 Å². The van der Waals surface area contributed by atoms with Crippen molar-refractivity contribution in [2.45, 2.75) is 33.2 Å². The number of aromatic nitrogens is 1. The highest BCUT2D eigenvalue weighted by Crippen LogP contribution is 2.33. The van der Waals surface area contributed by atoms with Crippen molar-refractivity contribution in [2.75, 3.05) is 50.7 Å². The van der Waals surface area contributed by atoms with Gasteiger partial charge in [-0.15, -0.1) is 0 Å². The Morgan fingerprint density at radius 1 is 0.917 bits per heavy atom. The van der Waals surface area contributed by atoms with Crippen molar-refractivity contribution in [3.8, 4) is 0 Å². The molecule has 0 aliphatic heterocycles. The Labute approximate surface area is 212 Å². The summed E-state index contributed by atoms with van der Waals surface area (Å²) in [5.74, 6) is 0. The fourth-order valence-corrected chi connectivity index (χ4v) is 7.04. The number of fused-ring (bicyclic) bond motifs is 4. The number of nitrogens with zero attached hydrogens (tertiary/aromatic N) is 2. The summed E-state index contributed by atoms with van der Waals surface area (Å²) in [4.78, 5) is 19.1. The topological polar surface area (TPSA) is 86.1 Å². The third-order valence-electron chi connectivity index (χ3n) is 6.03. The molecule has 4 aromatic rings. The summed E-state index contributed by atoms with van der Waals surface area (Å²) >= 11 is 0. The molecule has 36 heavy (non-hydrogen) atoms. The molecule has 0 aliphatic carbocycles. The van der Waals surface area contributed by atoms with Gasteiger partial charge in [-0.1, -0.05) is 0 Å². The fraction of sp³-hybridized carbons (Fsp3) is 0.407. The first-order valence-electron chi connectivity index (χ1n) is 12.5. The molecule has 192 valence electrons. The van der Waals surface area contributed by atoms with Gasteiger partial charge in [0, 0.05) is 80.8 Å². The molecule has 0 bridgehead atoms. The highest BCUT2D eigenvalue weighted by Gasteiger charge is 2.39. The van der Waals surface area contributed by atoms with Crippen LogP contribution in [0.2, 0.25) is 6.04 Å². The molecule has 0 radical (unpaired) electrons. The van der Waals surface area contributed by atoms with E-state index in [2.05, 4.69) is 5.32 Å². The van der Waals surface area contributed by atoms with Crippen molar-refractivity contribution in [3.05, 3.63) is 52.7 Å². The Bertz CT molecular complexity index is 1390. The standard InChI is InChI=1S/C27H35N3O5Si/c1-6-32-36(33-7-2,34-8-3)15-9-14-28-24-18-26-27(22-17-20(31)11-12-21(22)24)29-23-13-10-19(30(4)5)16-25(23)35-26/h10-13,16-18,28H,6-9,14-15H2,1-5H3. The van der Waals surface area contributed by atoms with Crippen LogP contribution in [0.1, 0.15) is 27.2 Å². The average Bonchev–Trinajstić information content (AvgIpc) is 2.85. The maximum absolute atomic E-state index is 12.3. The van der Waals surface area contributed by atoms with Crippen molar-refractivity contribution in [2.24, 2.45) is 0 Å². The van der Waals surface area contributed by atoms with Crippen molar-refractivity contribution < 1.29 is 17.7 Å². The average molecular weight is 510 g/mol. The third-order valence-corrected chi connectivity index (χ3v) is 9.18. The van der Waals surface area contributed by atoms with E-state index in [0.717, 1.165) is 40.1 Å². The van der Waals surface area contributed by atoms with Crippen molar-refractivity contribution in [1.29, 1.82) is 0 Å². The van der Waals surface area contributed by atoms with Crippen LogP contribution < -0.4 is 15.6 Å². The van der Waals surface area contributed by atoms with Crippen molar-refractivity contribution in [3.63, 3.8) is 0 Å². The van der Waals surface area contributed by atoms with Gasteiger partial charge in [-0.25, -0.2) is 4.98 Å². The van der Waals surface area contributed by atoms with Crippen LogP contribution in [-0.2, 0) is 13.3 Å². The summed E-state index contributed by atoms with van der Waals surface area (Å²) in [6.45, 7) is 8.26. The second-order valence-corrected chi connectivity index (χ2v) is 11.5. The Kier molecular flexibility index (Phi) is 8.25. The molecule has 0 unspecified atom stereocenters. The highest BCUT2D eigenvalue weighted by atomic mass is 28.4. The molecule has 1 heterocycles. The number of hydrogen-bond donors (Lipinski definition) is 1. The van der Waals surface area contributed by atoms with Gasteiger partial charge < -0.3 is 27.9 Å². The lowest BCUT2D eigenvalue weighted by molar-refractivity contribution is 0.0710. The van der Waals surface area contributed by atoms with Gasteiger partial charge in [0.15, 0.2) is 16.6 Å². The van der Waals surface area contributed by atoms with Crippen molar-refractivity contribution in [1.82, 2.24) is 4.98 Å². The summed E-state index contributed by atoms with van der Waals surface area (Å²) < 4.78 is 24.2. The van der Waals surface area contributed by atoms with Crippen LogP contribution >= 0.6 is 0 Å². The molecule has 0 spiro atoms. The van der Waals surface area contributed by atoms with E-state index in [9.17, 15) is 4.79 Å². The van der Waals surface area contributed by atoms with Gasteiger partial charge in [-0.3, -0.25) is 4.79 Å². The normalized spacial score (nSPS) is 12.0. The summed E-state index contributed by atoms with van der Waals surface area (Å²) in [5.41, 5.74) is 4.59. The van der Waals surface area contributed by atoms with E-state index in [1.807, 2.05) is 70.1 Å². The van der Waals surface area contributed by atoms with Gasteiger partial charge in [0.2, 0.25) is 0 Å². The molecule has 0 aliphatic rings. The molecule has 0 fully saturated rings. The second kappa shape index (κ2) is 11.4. The highest BCUT2D eigenvalue weighted by molar-refractivity contribution is 6.60. The number of hydrogen-bond acceptors (Lipinski definition) is 8. The predicted octanol–water partition coefficient (Wildman–Crippen LogP) is 5.41. The molecule has 4 rings (SSSR count). The molecule has 1 aromatic heterocycles.